The van der Waals surface area contributed by atoms with Gasteiger partial charge in [-0.05, 0) is 12.1 Å². The van der Waals surface area contributed by atoms with Gasteiger partial charge in [-0.25, -0.2) is 13.8 Å². The van der Waals surface area contributed by atoms with Crippen LogP contribution in [0.2, 0.25) is 0 Å². The van der Waals surface area contributed by atoms with Crippen molar-refractivity contribution in [2.45, 2.75) is 6.43 Å². The first-order chi connectivity index (χ1) is 9.16. The Labute approximate surface area is 108 Å². The minimum Gasteiger partial charge on any atom is -0.326 e. The summed E-state index contributed by atoms with van der Waals surface area (Å²) in [5, 5.41) is 0. The molecule has 0 radical (unpaired) electrons. The topological polar surface area (TPSA) is 30.7 Å². The smallest absolute Gasteiger partial charge is 0.263 e. The van der Waals surface area contributed by atoms with Gasteiger partial charge in [-0.1, -0.05) is 18.2 Å². The number of hydrogen-bond acceptors (Lipinski definition) is 2. The Hall–Kier alpha value is -2.30. The highest BCUT2D eigenvalue weighted by Gasteiger charge is 2.12. The van der Waals surface area contributed by atoms with E-state index in [1.54, 1.807) is 30.6 Å². The lowest BCUT2D eigenvalue weighted by Crippen LogP contribution is -1.94. The van der Waals surface area contributed by atoms with Gasteiger partial charge in [0.2, 0.25) is 0 Å². The Morgan fingerprint density at radius 1 is 1.21 bits per heavy atom. The van der Waals surface area contributed by atoms with Gasteiger partial charge in [0.05, 0.1) is 17.2 Å². The van der Waals surface area contributed by atoms with Crippen LogP contribution in [0.1, 0.15) is 12.0 Å². The summed E-state index contributed by atoms with van der Waals surface area (Å²) in [5.74, 6) is 0.658. The minimum atomic E-state index is -2.48. The number of benzene rings is 1. The summed E-state index contributed by atoms with van der Waals surface area (Å²) in [6, 6.07) is 8.09. The Morgan fingerprint density at radius 3 is 2.79 bits per heavy atom. The fourth-order valence-electron chi connectivity index (χ4n) is 2.11. The molecular formula is C14H11F2N3. The predicted octanol–water partition coefficient (Wildman–Crippen LogP) is 3.57. The number of aromatic nitrogens is 3. The standard InChI is InChI=1S/C14H11F2N3/c1-19-12-8-17-6-5-11(12)18-14(19)10-4-2-3-9(7-10)13(15)16/h2-8,13H,1H3. The zero-order valence-electron chi connectivity index (χ0n) is 10.2. The largest absolute Gasteiger partial charge is 0.326 e. The third-order valence-corrected chi connectivity index (χ3v) is 3.08. The molecule has 0 aliphatic carbocycles. The zero-order valence-corrected chi connectivity index (χ0v) is 10.2. The molecule has 19 heavy (non-hydrogen) atoms. The molecule has 0 saturated carbocycles. The Balaban J connectivity index is 2.19. The minimum absolute atomic E-state index is 0.00248. The monoisotopic (exact) mass is 259 g/mol. The van der Waals surface area contributed by atoms with Gasteiger partial charge in [-0.3, -0.25) is 4.98 Å². The summed E-state index contributed by atoms with van der Waals surface area (Å²) >= 11 is 0. The SMILES string of the molecule is Cn1c(-c2cccc(C(F)F)c2)nc2ccncc21. The molecule has 0 saturated heterocycles. The first kappa shape index (κ1) is 11.8. The maximum absolute atomic E-state index is 12.7. The molecule has 0 atom stereocenters. The number of halogens is 2. The number of imidazole rings is 1. The third-order valence-electron chi connectivity index (χ3n) is 3.08. The number of nitrogens with zero attached hydrogens (tertiary/aromatic N) is 3. The van der Waals surface area contributed by atoms with Gasteiger partial charge < -0.3 is 4.57 Å². The second kappa shape index (κ2) is 4.42. The maximum Gasteiger partial charge on any atom is 0.263 e. The van der Waals surface area contributed by atoms with Crippen molar-refractivity contribution in [3.63, 3.8) is 0 Å². The molecule has 0 amide bonds. The van der Waals surface area contributed by atoms with Gasteiger partial charge in [0.1, 0.15) is 5.82 Å². The summed E-state index contributed by atoms with van der Waals surface area (Å²) in [6.07, 6.45) is 0.897. The van der Waals surface area contributed by atoms with Crippen LogP contribution in [0.3, 0.4) is 0 Å². The highest BCUT2D eigenvalue weighted by atomic mass is 19.3. The molecule has 0 fully saturated rings. The van der Waals surface area contributed by atoms with Crippen molar-refractivity contribution in [2.24, 2.45) is 7.05 Å². The van der Waals surface area contributed by atoms with Crippen LogP contribution < -0.4 is 0 Å². The van der Waals surface area contributed by atoms with Gasteiger partial charge in [-0.2, -0.15) is 0 Å². The predicted molar refractivity (Wildman–Crippen MR) is 68.9 cm³/mol. The molecule has 0 N–H and O–H groups in total. The van der Waals surface area contributed by atoms with Crippen molar-refractivity contribution in [2.75, 3.05) is 0 Å². The number of pyridine rings is 1. The molecule has 2 aromatic heterocycles. The molecule has 3 aromatic rings. The van der Waals surface area contributed by atoms with Crippen molar-refractivity contribution in [1.29, 1.82) is 0 Å². The second-order valence-corrected chi connectivity index (χ2v) is 4.28. The highest BCUT2D eigenvalue weighted by molar-refractivity contribution is 5.79. The number of rotatable bonds is 2. The second-order valence-electron chi connectivity index (χ2n) is 4.28. The van der Waals surface area contributed by atoms with Crippen LogP contribution in [0.4, 0.5) is 8.78 Å². The maximum atomic E-state index is 12.7. The lowest BCUT2D eigenvalue weighted by Gasteiger charge is -2.05. The van der Waals surface area contributed by atoms with Crippen LogP contribution in [0.5, 0.6) is 0 Å². The Bertz CT molecular complexity index is 734. The van der Waals surface area contributed by atoms with E-state index in [0.29, 0.717) is 11.4 Å². The summed E-state index contributed by atoms with van der Waals surface area (Å²) in [6.45, 7) is 0. The van der Waals surface area contributed by atoms with Crippen LogP contribution in [0.15, 0.2) is 42.7 Å². The van der Waals surface area contributed by atoms with E-state index in [1.165, 1.54) is 12.1 Å². The van der Waals surface area contributed by atoms with Crippen molar-refractivity contribution >= 4 is 11.0 Å². The van der Waals surface area contributed by atoms with E-state index in [-0.39, 0.29) is 5.56 Å². The van der Waals surface area contributed by atoms with Crippen LogP contribution in [-0.4, -0.2) is 14.5 Å². The Morgan fingerprint density at radius 2 is 2.05 bits per heavy atom. The molecule has 0 aliphatic rings. The molecule has 0 spiro atoms. The number of aryl methyl sites for hydroxylation is 1. The Kier molecular flexibility index (Phi) is 2.74. The fraction of sp³-hybridized carbons (Fsp3) is 0.143. The first-order valence-corrected chi connectivity index (χ1v) is 5.82. The third kappa shape index (κ3) is 1.97. The zero-order chi connectivity index (χ0) is 13.4. The van der Waals surface area contributed by atoms with Crippen LogP contribution >= 0.6 is 0 Å². The molecular weight excluding hydrogens is 248 g/mol. The average Bonchev–Trinajstić information content (AvgIpc) is 2.77. The molecule has 1 aromatic carbocycles. The van der Waals surface area contributed by atoms with Crippen molar-refractivity contribution in [3.8, 4) is 11.4 Å². The van der Waals surface area contributed by atoms with Crippen molar-refractivity contribution < 1.29 is 8.78 Å². The van der Waals surface area contributed by atoms with Crippen LogP contribution in [-0.2, 0) is 7.05 Å². The molecule has 0 aliphatic heterocycles. The van der Waals surface area contributed by atoms with E-state index in [1.807, 2.05) is 11.6 Å². The van der Waals surface area contributed by atoms with Crippen molar-refractivity contribution in [1.82, 2.24) is 14.5 Å². The molecule has 0 bridgehead atoms. The van der Waals surface area contributed by atoms with E-state index < -0.39 is 6.43 Å². The van der Waals surface area contributed by atoms with Gasteiger partial charge in [0.15, 0.2) is 0 Å². The summed E-state index contributed by atoms with van der Waals surface area (Å²) in [4.78, 5) is 8.51. The average molecular weight is 259 g/mol. The van der Waals surface area contributed by atoms with E-state index in [4.69, 9.17) is 0 Å². The molecule has 3 rings (SSSR count). The normalized spacial score (nSPS) is 11.4. The summed E-state index contributed by atoms with van der Waals surface area (Å²) < 4.78 is 27.3. The van der Waals surface area contributed by atoms with Crippen LogP contribution in [0, 0.1) is 0 Å². The van der Waals surface area contributed by atoms with Gasteiger partial charge in [0.25, 0.3) is 6.43 Å². The van der Waals surface area contributed by atoms with E-state index in [9.17, 15) is 8.78 Å². The summed E-state index contributed by atoms with van der Waals surface area (Å²) in [5.41, 5.74) is 2.36. The van der Waals surface area contributed by atoms with Gasteiger partial charge >= 0.3 is 0 Å². The van der Waals surface area contributed by atoms with E-state index in [0.717, 1.165) is 11.0 Å². The molecule has 0 unspecified atom stereocenters. The fourth-order valence-corrected chi connectivity index (χ4v) is 2.11. The molecule has 5 heteroatoms. The van der Waals surface area contributed by atoms with Gasteiger partial charge in [0, 0.05) is 24.4 Å². The number of hydrogen-bond donors (Lipinski definition) is 0. The molecule has 96 valence electrons. The first-order valence-electron chi connectivity index (χ1n) is 5.82. The summed E-state index contributed by atoms with van der Waals surface area (Å²) in [7, 11) is 1.85. The number of fused-ring (bicyclic) bond motifs is 1. The lowest BCUT2D eigenvalue weighted by molar-refractivity contribution is 0.151. The van der Waals surface area contributed by atoms with E-state index >= 15 is 0 Å². The number of alkyl halides is 2. The molecule has 2 heterocycles. The lowest BCUT2D eigenvalue weighted by atomic mass is 10.1. The quantitative estimate of drug-likeness (QED) is 0.704. The van der Waals surface area contributed by atoms with Crippen LogP contribution in [0.25, 0.3) is 22.4 Å². The highest BCUT2D eigenvalue weighted by Crippen LogP contribution is 2.27. The van der Waals surface area contributed by atoms with E-state index in [2.05, 4.69) is 9.97 Å². The van der Waals surface area contributed by atoms with Crippen molar-refractivity contribution in [3.05, 3.63) is 48.3 Å². The molecule has 3 nitrogen and oxygen atoms in total. The van der Waals surface area contributed by atoms with Gasteiger partial charge in [-0.15, -0.1) is 0 Å².